The Balaban J connectivity index is 2.41. The Bertz CT molecular complexity index is 1500. The smallest absolute Gasteiger partial charge is 0.295 e. The normalized spacial score (nSPS) is 16.9. The molecule has 186 valence electrons. The summed E-state index contributed by atoms with van der Waals surface area (Å²) in [5.74, 6) is 0. The predicted molar refractivity (Wildman–Crippen MR) is 138 cm³/mol. The minimum Gasteiger partial charge on any atom is -0.385 e. The van der Waals surface area contributed by atoms with Crippen LogP contribution < -0.4 is 5.32 Å². The van der Waals surface area contributed by atoms with Gasteiger partial charge in [0, 0.05) is 24.3 Å². The molecule has 1 aliphatic rings. The SMILES string of the molecule is CCN=C1C=CC(=C(c2ccc(NCC)c(C)c2)c2ccc(S(=O)(=O)O)cc2S(=O)(=O)O)C=C1C. The third kappa shape index (κ3) is 5.96. The molecule has 0 saturated heterocycles. The number of hydrogen-bond donors (Lipinski definition) is 3. The highest BCUT2D eigenvalue weighted by Gasteiger charge is 2.25. The van der Waals surface area contributed by atoms with Crippen molar-refractivity contribution in [3.8, 4) is 0 Å². The van der Waals surface area contributed by atoms with Crippen molar-refractivity contribution in [1.29, 1.82) is 0 Å². The second-order valence-electron chi connectivity index (χ2n) is 8.02. The van der Waals surface area contributed by atoms with Crippen molar-refractivity contribution in [3.63, 3.8) is 0 Å². The minimum absolute atomic E-state index is 0.0927. The molecule has 10 heteroatoms. The zero-order chi connectivity index (χ0) is 26.0. The number of nitrogens with one attached hydrogen (secondary N) is 1. The summed E-state index contributed by atoms with van der Waals surface area (Å²) in [4.78, 5) is 3.18. The number of hydrogen-bond acceptors (Lipinski definition) is 6. The highest BCUT2D eigenvalue weighted by molar-refractivity contribution is 7.86. The first kappa shape index (κ1) is 26.6. The Kier molecular flexibility index (Phi) is 7.80. The van der Waals surface area contributed by atoms with E-state index in [1.165, 1.54) is 6.07 Å². The standard InChI is InChI=1S/C25H28N2O6S2/c1-5-26-22-11-7-18(13-16(22)3)25(19-8-12-23(27-6-2)17(4)14-19)21-10-9-20(34(28,29)30)15-24(21)35(31,32)33/h7-15,26H,5-6H2,1-4H3,(H,28,29,30)(H,31,32,33). The Morgan fingerprint density at radius 1 is 0.943 bits per heavy atom. The largest absolute Gasteiger partial charge is 0.385 e. The first-order valence-electron chi connectivity index (χ1n) is 11.0. The molecule has 0 atom stereocenters. The second-order valence-corrected chi connectivity index (χ2v) is 10.8. The quantitative estimate of drug-likeness (QED) is 0.454. The molecule has 8 nitrogen and oxygen atoms in total. The van der Waals surface area contributed by atoms with E-state index in [1.54, 1.807) is 6.08 Å². The fourth-order valence-electron chi connectivity index (χ4n) is 3.93. The first-order valence-corrected chi connectivity index (χ1v) is 13.8. The third-order valence-electron chi connectivity index (χ3n) is 5.49. The Labute approximate surface area is 206 Å². The number of nitrogens with zero attached hydrogens (tertiary/aromatic N) is 1. The molecule has 0 aliphatic heterocycles. The fraction of sp³-hybridized carbons (Fsp3) is 0.240. The van der Waals surface area contributed by atoms with Crippen LogP contribution in [0.3, 0.4) is 0 Å². The first-order chi connectivity index (χ1) is 16.4. The van der Waals surface area contributed by atoms with Crippen LogP contribution in [0.5, 0.6) is 0 Å². The van der Waals surface area contributed by atoms with Gasteiger partial charge in [0.1, 0.15) is 4.90 Å². The van der Waals surface area contributed by atoms with Crippen LogP contribution in [0.25, 0.3) is 5.57 Å². The maximum atomic E-state index is 12.4. The van der Waals surface area contributed by atoms with Gasteiger partial charge in [-0.1, -0.05) is 18.2 Å². The van der Waals surface area contributed by atoms with Crippen LogP contribution >= 0.6 is 0 Å². The molecule has 2 aromatic rings. The highest BCUT2D eigenvalue weighted by atomic mass is 32.2. The highest BCUT2D eigenvalue weighted by Crippen LogP contribution is 2.36. The molecule has 35 heavy (non-hydrogen) atoms. The molecule has 1 aliphatic carbocycles. The van der Waals surface area contributed by atoms with Gasteiger partial charge in [0.2, 0.25) is 0 Å². The molecule has 0 heterocycles. The van der Waals surface area contributed by atoms with Crippen LogP contribution in [-0.2, 0) is 20.2 Å². The van der Waals surface area contributed by atoms with Gasteiger partial charge in [-0.05, 0) is 92.0 Å². The van der Waals surface area contributed by atoms with E-state index in [-0.39, 0.29) is 5.56 Å². The fourth-order valence-corrected chi connectivity index (χ4v) is 5.23. The van der Waals surface area contributed by atoms with Gasteiger partial charge >= 0.3 is 0 Å². The van der Waals surface area contributed by atoms with Crippen LogP contribution in [0.15, 0.2) is 80.6 Å². The molecule has 3 rings (SSSR count). The van der Waals surface area contributed by atoms with E-state index in [2.05, 4.69) is 10.3 Å². The van der Waals surface area contributed by atoms with Crippen molar-refractivity contribution in [2.45, 2.75) is 37.5 Å². The van der Waals surface area contributed by atoms with E-state index in [4.69, 9.17) is 0 Å². The van der Waals surface area contributed by atoms with E-state index in [0.29, 0.717) is 23.3 Å². The van der Waals surface area contributed by atoms with Crippen molar-refractivity contribution < 1.29 is 25.9 Å². The number of rotatable bonds is 7. The van der Waals surface area contributed by atoms with Gasteiger partial charge in [-0.2, -0.15) is 16.8 Å². The third-order valence-corrected chi connectivity index (χ3v) is 7.24. The van der Waals surface area contributed by atoms with Crippen molar-refractivity contribution in [1.82, 2.24) is 0 Å². The van der Waals surface area contributed by atoms with Gasteiger partial charge in [-0.3, -0.25) is 14.1 Å². The summed E-state index contributed by atoms with van der Waals surface area (Å²) < 4.78 is 67.5. The number of aliphatic imine (C=N–C) groups is 1. The zero-order valence-electron chi connectivity index (χ0n) is 19.9. The van der Waals surface area contributed by atoms with Gasteiger partial charge < -0.3 is 5.32 Å². The molecule has 0 amide bonds. The average Bonchev–Trinajstić information content (AvgIpc) is 2.76. The summed E-state index contributed by atoms with van der Waals surface area (Å²) >= 11 is 0. The zero-order valence-corrected chi connectivity index (χ0v) is 21.5. The lowest BCUT2D eigenvalue weighted by Gasteiger charge is -2.19. The lowest BCUT2D eigenvalue weighted by atomic mass is 9.88. The van der Waals surface area contributed by atoms with Gasteiger partial charge in [-0.15, -0.1) is 0 Å². The van der Waals surface area contributed by atoms with Crippen LogP contribution in [0.4, 0.5) is 5.69 Å². The molecule has 0 bridgehead atoms. The van der Waals surface area contributed by atoms with E-state index < -0.39 is 30.0 Å². The topological polar surface area (TPSA) is 133 Å². The van der Waals surface area contributed by atoms with E-state index >= 15 is 0 Å². The number of allylic oxidation sites excluding steroid dienone is 5. The summed E-state index contributed by atoms with van der Waals surface area (Å²) in [6.45, 7) is 9.04. The molecular weight excluding hydrogens is 488 g/mol. The summed E-state index contributed by atoms with van der Waals surface area (Å²) in [7, 11) is -9.56. The summed E-state index contributed by atoms with van der Waals surface area (Å²) in [5, 5.41) is 3.26. The van der Waals surface area contributed by atoms with E-state index in [1.807, 2.05) is 58.0 Å². The molecule has 0 unspecified atom stereocenters. The Hall–Kier alpha value is -3.05. The molecule has 0 aromatic heterocycles. The molecule has 0 fully saturated rings. The Morgan fingerprint density at radius 2 is 1.66 bits per heavy atom. The van der Waals surface area contributed by atoms with Gasteiger partial charge in [-0.25, -0.2) is 0 Å². The van der Waals surface area contributed by atoms with Crippen molar-refractivity contribution in [2.75, 3.05) is 18.4 Å². The predicted octanol–water partition coefficient (Wildman–Crippen LogP) is 4.70. The van der Waals surface area contributed by atoms with Gasteiger partial charge in [0.05, 0.1) is 10.6 Å². The van der Waals surface area contributed by atoms with E-state index in [9.17, 15) is 25.9 Å². The van der Waals surface area contributed by atoms with Crippen LogP contribution in [0.1, 0.15) is 37.5 Å². The maximum absolute atomic E-state index is 12.4. The average molecular weight is 517 g/mol. The summed E-state index contributed by atoms with van der Waals surface area (Å²) in [5.41, 5.74) is 5.37. The molecule has 3 N–H and O–H groups in total. The summed E-state index contributed by atoms with van der Waals surface area (Å²) in [6.07, 6.45) is 5.49. The Morgan fingerprint density at radius 3 is 2.20 bits per heavy atom. The van der Waals surface area contributed by atoms with Crippen LogP contribution in [0.2, 0.25) is 0 Å². The van der Waals surface area contributed by atoms with Gasteiger partial charge in [0.15, 0.2) is 0 Å². The summed E-state index contributed by atoms with van der Waals surface area (Å²) in [6, 6.07) is 8.72. The van der Waals surface area contributed by atoms with Crippen molar-refractivity contribution in [2.24, 2.45) is 4.99 Å². The molecule has 0 spiro atoms. The van der Waals surface area contributed by atoms with E-state index in [0.717, 1.165) is 41.2 Å². The molecule has 0 saturated carbocycles. The second kappa shape index (κ2) is 10.3. The minimum atomic E-state index is -4.86. The van der Waals surface area contributed by atoms with Crippen LogP contribution in [-0.4, -0.2) is 44.7 Å². The monoisotopic (exact) mass is 516 g/mol. The lowest BCUT2D eigenvalue weighted by Crippen LogP contribution is -2.09. The molecular formula is C25H28N2O6S2. The lowest BCUT2D eigenvalue weighted by molar-refractivity contribution is 0.481. The number of aryl methyl sites for hydroxylation is 1. The molecule has 2 aromatic carbocycles. The van der Waals surface area contributed by atoms with Crippen molar-refractivity contribution in [3.05, 3.63) is 82.5 Å². The molecule has 0 radical (unpaired) electrons. The van der Waals surface area contributed by atoms with Crippen molar-refractivity contribution >= 4 is 37.2 Å². The van der Waals surface area contributed by atoms with Gasteiger partial charge in [0.25, 0.3) is 20.2 Å². The van der Waals surface area contributed by atoms with Crippen LogP contribution in [0, 0.1) is 6.92 Å². The maximum Gasteiger partial charge on any atom is 0.295 e. The number of anilines is 1. The number of benzene rings is 2.